The topological polar surface area (TPSA) is 18.5 Å². The van der Waals surface area contributed by atoms with Crippen LogP contribution in [0.5, 0.6) is 23.0 Å². The van der Waals surface area contributed by atoms with Crippen LogP contribution in [0.25, 0.3) is 22.3 Å². The maximum absolute atomic E-state index is 6.93. The Morgan fingerprint density at radius 2 is 1.11 bits per heavy atom. The lowest BCUT2D eigenvalue weighted by Gasteiger charge is -2.35. The van der Waals surface area contributed by atoms with E-state index in [4.69, 9.17) is 9.47 Å². The maximum atomic E-state index is 6.93. The largest absolute Gasteiger partial charge is 0.458 e. The second kappa shape index (κ2) is 9.99. The van der Waals surface area contributed by atoms with Crippen molar-refractivity contribution >= 4 is 23.1 Å². The molecule has 0 radical (unpaired) electrons. The van der Waals surface area contributed by atoms with Crippen LogP contribution in [0.4, 0.5) is 0 Å². The molecule has 0 amide bonds. The van der Waals surface area contributed by atoms with E-state index in [1.165, 1.54) is 66.6 Å². The summed E-state index contributed by atoms with van der Waals surface area (Å²) < 4.78 is 13.5. The first-order valence-electron chi connectivity index (χ1n) is 16.7. The van der Waals surface area contributed by atoms with Gasteiger partial charge in [0.2, 0.25) is 0 Å². The molecule has 3 aliphatic rings. The van der Waals surface area contributed by atoms with Crippen LogP contribution in [0.3, 0.4) is 0 Å². The Bertz CT molecular complexity index is 2270. The van der Waals surface area contributed by atoms with E-state index >= 15 is 0 Å². The van der Waals surface area contributed by atoms with Crippen molar-refractivity contribution in [3.63, 3.8) is 0 Å². The maximum Gasteiger partial charge on any atom is 0.260 e. The van der Waals surface area contributed by atoms with E-state index < -0.39 is 0 Å². The molecule has 3 heteroatoms. The smallest absolute Gasteiger partial charge is 0.260 e. The Hall–Kier alpha value is -5.02. The summed E-state index contributed by atoms with van der Waals surface area (Å²) in [6.45, 7) is 15.4. The molecule has 1 aliphatic carbocycles. The molecular weight excluding hydrogens is 571 g/mol. The molecule has 0 saturated carbocycles. The highest BCUT2D eigenvalue weighted by atomic mass is 16.5. The number of ether oxygens (including phenoxy) is 2. The fourth-order valence-electron chi connectivity index (χ4n) is 8.30. The third-order valence-corrected chi connectivity index (χ3v) is 11.0. The molecule has 9 rings (SSSR count). The van der Waals surface area contributed by atoms with Gasteiger partial charge in [-0.15, -0.1) is 0 Å². The Kier molecular flexibility index (Phi) is 6.00. The number of hydrogen-bond acceptors (Lipinski definition) is 2. The van der Waals surface area contributed by atoms with E-state index in [0.717, 1.165) is 50.7 Å². The molecule has 0 spiro atoms. The minimum absolute atomic E-state index is 0.0517. The summed E-state index contributed by atoms with van der Waals surface area (Å²) in [7, 11) is 0. The average Bonchev–Trinajstić information content (AvgIpc) is 3.34. The number of hydrogen-bond donors (Lipinski definition) is 0. The van der Waals surface area contributed by atoms with Crippen molar-refractivity contribution in [3.8, 4) is 45.3 Å². The van der Waals surface area contributed by atoms with Gasteiger partial charge in [-0.3, -0.25) is 0 Å². The second-order valence-electron chi connectivity index (χ2n) is 14.1. The Morgan fingerprint density at radius 1 is 0.489 bits per heavy atom. The number of rotatable bonds is 2. The monoisotopic (exact) mass is 608 g/mol. The van der Waals surface area contributed by atoms with Gasteiger partial charge in [0.25, 0.3) is 6.71 Å². The number of aryl methyl sites for hydroxylation is 7. The lowest BCUT2D eigenvalue weighted by molar-refractivity contribution is 0.460. The fraction of sp³-hybridized carbons (Fsp3) is 0.182. The summed E-state index contributed by atoms with van der Waals surface area (Å²) >= 11 is 0. The summed E-state index contributed by atoms with van der Waals surface area (Å²) in [5, 5.41) is 0. The normalized spacial score (nSPS) is 13.6. The van der Waals surface area contributed by atoms with Crippen molar-refractivity contribution in [1.29, 1.82) is 0 Å². The minimum atomic E-state index is 0.0517. The van der Waals surface area contributed by atoms with E-state index in [1.807, 2.05) is 0 Å². The third kappa shape index (κ3) is 4.05. The van der Waals surface area contributed by atoms with Gasteiger partial charge in [-0.2, -0.15) is 0 Å². The first-order valence-corrected chi connectivity index (χ1v) is 16.7. The molecule has 0 aromatic heterocycles. The van der Waals surface area contributed by atoms with Crippen LogP contribution >= 0.6 is 0 Å². The van der Waals surface area contributed by atoms with Gasteiger partial charge in [0.15, 0.2) is 0 Å². The van der Waals surface area contributed by atoms with Crippen LogP contribution in [-0.2, 0) is 0 Å². The fourth-order valence-corrected chi connectivity index (χ4v) is 8.30. The molecule has 2 aliphatic heterocycles. The van der Waals surface area contributed by atoms with Crippen LogP contribution in [-0.4, -0.2) is 6.71 Å². The van der Waals surface area contributed by atoms with Gasteiger partial charge in [0.1, 0.15) is 23.0 Å². The molecule has 0 saturated heterocycles. The third-order valence-electron chi connectivity index (χ3n) is 11.0. The van der Waals surface area contributed by atoms with Gasteiger partial charge in [-0.1, -0.05) is 78.9 Å². The lowest BCUT2D eigenvalue weighted by Crippen LogP contribution is -2.57. The highest BCUT2D eigenvalue weighted by molar-refractivity contribution is 6.98. The standard InChI is InChI=1S/C44H37BO2/c1-23-11-16-37-39(17-23)46-42-28(6)18-29(7)43-41(42)45(37)38-10-8-9-32(44(38)47-43)30-12-14-31(15-13-30)40-35-21-26(4)24(2)19-33(35)34-20-25(3)27(5)22-36(34)40/h8-22,40H,1-7H3. The predicted molar refractivity (Wildman–Crippen MR) is 196 cm³/mol. The number of para-hydroxylation sites is 1. The Labute approximate surface area is 278 Å². The van der Waals surface area contributed by atoms with Crippen molar-refractivity contribution in [2.75, 3.05) is 0 Å². The van der Waals surface area contributed by atoms with Crippen LogP contribution in [0.1, 0.15) is 61.6 Å². The Morgan fingerprint density at radius 3 is 1.77 bits per heavy atom. The highest BCUT2D eigenvalue weighted by Gasteiger charge is 2.42. The van der Waals surface area contributed by atoms with Crippen LogP contribution in [0, 0.1) is 48.5 Å². The molecule has 228 valence electrons. The highest BCUT2D eigenvalue weighted by Crippen LogP contribution is 2.50. The summed E-state index contributed by atoms with van der Waals surface area (Å²) in [4.78, 5) is 0. The molecule has 0 unspecified atom stereocenters. The van der Waals surface area contributed by atoms with Gasteiger partial charge in [0, 0.05) is 16.9 Å². The van der Waals surface area contributed by atoms with Crippen LogP contribution < -0.4 is 25.9 Å². The van der Waals surface area contributed by atoms with Crippen LogP contribution in [0.2, 0.25) is 0 Å². The molecule has 0 atom stereocenters. The summed E-state index contributed by atoms with van der Waals surface area (Å²) in [6, 6.07) is 34.3. The molecule has 0 bridgehead atoms. The van der Waals surface area contributed by atoms with Gasteiger partial charge >= 0.3 is 0 Å². The molecule has 2 nitrogen and oxygen atoms in total. The molecule has 0 fully saturated rings. The van der Waals surface area contributed by atoms with Gasteiger partial charge in [-0.05, 0) is 144 Å². The quantitative estimate of drug-likeness (QED) is 0.182. The molecule has 2 heterocycles. The van der Waals surface area contributed by atoms with Crippen molar-refractivity contribution in [2.45, 2.75) is 54.4 Å². The van der Waals surface area contributed by atoms with E-state index in [0.29, 0.717) is 0 Å². The van der Waals surface area contributed by atoms with Gasteiger partial charge in [-0.25, -0.2) is 0 Å². The molecule has 0 N–H and O–H groups in total. The molecule has 47 heavy (non-hydrogen) atoms. The summed E-state index contributed by atoms with van der Waals surface area (Å²) in [5.74, 6) is 3.96. The predicted octanol–water partition coefficient (Wildman–Crippen LogP) is 9.40. The van der Waals surface area contributed by atoms with Gasteiger partial charge in [0.05, 0.1) is 0 Å². The second-order valence-corrected chi connectivity index (χ2v) is 14.1. The minimum Gasteiger partial charge on any atom is -0.458 e. The zero-order chi connectivity index (χ0) is 32.3. The summed E-state index contributed by atoms with van der Waals surface area (Å²) in [5.41, 5.74) is 21.6. The number of fused-ring (bicyclic) bond motifs is 7. The zero-order valence-electron chi connectivity index (χ0n) is 28.1. The van der Waals surface area contributed by atoms with E-state index in [1.54, 1.807) is 0 Å². The van der Waals surface area contributed by atoms with Crippen molar-refractivity contribution in [3.05, 3.63) is 147 Å². The average molecular weight is 609 g/mol. The first-order chi connectivity index (χ1) is 22.7. The van der Waals surface area contributed by atoms with Gasteiger partial charge < -0.3 is 9.47 Å². The van der Waals surface area contributed by atoms with Crippen molar-refractivity contribution < 1.29 is 9.47 Å². The Balaban J connectivity index is 1.18. The van der Waals surface area contributed by atoms with E-state index in [9.17, 15) is 0 Å². The number of benzene rings is 6. The first kappa shape index (κ1) is 28.2. The molecule has 6 aromatic rings. The SMILES string of the molecule is Cc1ccc2c(c1)Oc1c(C)cc(C)c3c1B2c1cccc(-c2ccc(C4c5cc(C)c(C)cc5-c5cc(C)c(C)cc54)cc2)c1O3. The van der Waals surface area contributed by atoms with E-state index in [2.05, 4.69) is 139 Å². The van der Waals surface area contributed by atoms with Crippen LogP contribution in [0.15, 0.2) is 91.0 Å². The molecular formula is C44H37BO2. The van der Waals surface area contributed by atoms with Crippen molar-refractivity contribution in [2.24, 2.45) is 0 Å². The lowest BCUT2D eigenvalue weighted by atomic mass is 9.34. The summed E-state index contributed by atoms with van der Waals surface area (Å²) in [6.07, 6.45) is 0. The van der Waals surface area contributed by atoms with Crippen molar-refractivity contribution in [1.82, 2.24) is 0 Å². The van der Waals surface area contributed by atoms with E-state index in [-0.39, 0.29) is 12.6 Å². The zero-order valence-corrected chi connectivity index (χ0v) is 28.1. The molecule has 6 aromatic carbocycles.